The molecule has 1 N–H and O–H groups in total. The van der Waals surface area contributed by atoms with E-state index >= 15 is 0 Å². The van der Waals surface area contributed by atoms with Gasteiger partial charge in [-0.15, -0.1) is 0 Å². The summed E-state index contributed by atoms with van der Waals surface area (Å²) >= 11 is 0. The van der Waals surface area contributed by atoms with Gasteiger partial charge in [0.2, 0.25) is 0 Å². The first-order valence-electron chi connectivity index (χ1n) is 8.74. The highest BCUT2D eigenvalue weighted by Gasteiger charge is 2.34. The number of aryl methyl sites for hydroxylation is 1. The van der Waals surface area contributed by atoms with Crippen molar-refractivity contribution in [1.82, 2.24) is 0 Å². The van der Waals surface area contributed by atoms with Gasteiger partial charge in [-0.2, -0.15) is 13.2 Å². The molecule has 0 amide bonds. The van der Waals surface area contributed by atoms with E-state index in [0.717, 1.165) is 25.7 Å². The summed E-state index contributed by atoms with van der Waals surface area (Å²) < 4.78 is 38.6. The molecule has 0 bridgehead atoms. The average molecular weight is 380 g/mol. The Bertz CT molecular complexity index is 831. The van der Waals surface area contributed by atoms with Crippen LogP contribution in [0.5, 0.6) is 0 Å². The Kier molecular flexibility index (Phi) is 5.36. The summed E-state index contributed by atoms with van der Waals surface area (Å²) in [6.45, 7) is 5.60. The Morgan fingerprint density at radius 1 is 1.15 bits per heavy atom. The lowest BCUT2D eigenvalue weighted by atomic mass is 10.1. The van der Waals surface area contributed by atoms with E-state index in [2.05, 4.69) is 19.1 Å². The van der Waals surface area contributed by atoms with E-state index in [1.165, 1.54) is 22.1 Å². The van der Waals surface area contributed by atoms with Gasteiger partial charge in [-0.3, -0.25) is 10.1 Å². The fourth-order valence-corrected chi connectivity index (χ4v) is 3.43. The van der Waals surface area contributed by atoms with E-state index in [0.29, 0.717) is 19.2 Å². The summed E-state index contributed by atoms with van der Waals surface area (Å²) in [7, 11) is 0. The van der Waals surface area contributed by atoms with Gasteiger partial charge in [0, 0.05) is 11.6 Å². The van der Waals surface area contributed by atoms with E-state index in [1.54, 1.807) is 4.90 Å². The van der Waals surface area contributed by atoms with Crippen molar-refractivity contribution in [3.63, 3.8) is 0 Å². The van der Waals surface area contributed by atoms with Crippen LogP contribution in [0.1, 0.15) is 16.7 Å². The van der Waals surface area contributed by atoms with Crippen LogP contribution in [-0.2, 0) is 12.7 Å². The predicted octanol–water partition coefficient (Wildman–Crippen LogP) is 2.83. The van der Waals surface area contributed by atoms with E-state index < -0.39 is 22.4 Å². The summed E-state index contributed by atoms with van der Waals surface area (Å²) in [6.07, 6.45) is -4.60. The summed E-state index contributed by atoms with van der Waals surface area (Å²) in [4.78, 5) is 13.7. The maximum atomic E-state index is 12.9. The number of rotatable bonds is 4. The van der Waals surface area contributed by atoms with E-state index in [-0.39, 0.29) is 5.69 Å². The molecule has 1 fully saturated rings. The Morgan fingerprint density at radius 3 is 2.41 bits per heavy atom. The number of halogens is 3. The SMILES string of the molecule is Cc1ccccc1C[NH+]1CCN(c2ccc(C(F)(F)F)cc2[N+](=O)[O-])CC1. The standard InChI is InChI=1S/C19H20F3N3O2/c1-14-4-2-3-5-15(14)13-23-8-10-24(11-9-23)17-7-6-16(19(20,21)22)12-18(17)25(26)27/h2-7,12H,8-11,13H2,1H3/p+1. The van der Waals surface area contributed by atoms with Gasteiger partial charge < -0.3 is 9.80 Å². The van der Waals surface area contributed by atoms with Crippen molar-refractivity contribution >= 4 is 11.4 Å². The second kappa shape index (κ2) is 7.56. The van der Waals surface area contributed by atoms with Crippen LogP contribution >= 0.6 is 0 Å². The Morgan fingerprint density at radius 2 is 1.81 bits per heavy atom. The van der Waals surface area contributed by atoms with Crippen molar-refractivity contribution < 1.29 is 23.0 Å². The van der Waals surface area contributed by atoms with Crippen LogP contribution in [0.3, 0.4) is 0 Å². The van der Waals surface area contributed by atoms with Gasteiger partial charge in [0.05, 0.1) is 36.7 Å². The van der Waals surface area contributed by atoms with Crippen molar-refractivity contribution in [2.45, 2.75) is 19.6 Å². The molecule has 0 radical (unpaired) electrons. The molecular formula is C19H21F3N3O2+. The molecule has 0 saturated carbocycles. The molecule has 0 unspecified atom stereocenters. The molecule has 2 aromatic rings. The lowest BCUT2D eigenvalue weighted by Crippen LogP contribution is -3.13. The molecule has 0 aromatic heterocycles. The molecule has 3 rings (SSSR count). The van der Waals surface area contributed by atoms with Crippen LogP contribution in [-0.4, -0.2) is 31.1 Å². The van der Waals surface area contributed by atoms with Crippen LogP contribution in [0.2, 0.25) is 0 Å². The van der Waals surface area contributed by atoms with Crippen molar-refractivity contribution in [1.29, 1.82) is 0 Å². The fourth-order valence-electron chi connectivity index (χ4n) is 3.43. The normalized spacial score (nSPS) is 15.8. The lowest BCUT2D eigenvalue weighted by Gasteiger charge is -2.33. The zero-order valence-electron chi connectivity index (χ0n) is 14.9. The van der Waals surface area contributed by atoms with Gasteiger partial charge in [-0.05, 0) is 24.6 Å². The molecule has 1 aliphatic heterocycles. The third kappa shape index (κ3) is 4.39. The number of hydrogen-bond acceptors (Lipinski definition) is 3. The minimum Gasteiger partial charge on any atom is -0.355 e. The maximum absolute atomic E-state index is 12.9. The third-order valence-electron chi connectivity index (χ3n) is 5.01. The summed E-state index contributed by atoms with van der Waals surface area (Å²) in [6, 6.07) is 10.9. The molecule has 144 valence electrons. The molecule has 0 aliphatic carbocycles. The number of nitro groups is 1. The zero-order chi connectivity index (χ0) is 19.6. The molecule has 2 aromatic carbocycles. The molecule has 1 aliphatic rings. The van der Waals surface area contributed by atoms with E-state index in [1.807, 2.05) is 12.1 Å². The van der Waals surface area contributed by atoms with Crippen molar-refractivity contribution in [2.24, 2.45) is 0 Å². The highest BCUT2D eigenvalue weighted by molar-refractivity contribution is 5.64. The number of anilines is 1. The maximum Gasteiger partial charge on any atom is 0.416 e. The number of nitrogens with one attached hydrogen (secondary N) is 1. The third-order valence-corrected chi connectivity index (χ3v) is 5.01. The lowest BCUT2D eigenvalue weighted by molar-refractivity contribution is -0.914. The monoisotopic (exact) mass is 380 g/mol. The number of quaternary nitrogens is 1. The van der Waals surface area contributed by atoms with Crippen LogP contribution in [0.15, 0.2) is 42.5 Å². The van der Waals surface area contributed by atoms with Gasteiger partial charge in [-0.1, -0.05) is 24.3 Å². The van der Waals surface area contributed by atoms with Crippen LogP contribution in [0.25, 0.3) is 0 Å². The summed E-state index contributed by atoms with van der Waals surface area (Å²) in [5, 5.41) is 11.3. The van der Waals surface area contributed by atoms with Gasteiger partial charge in [0.1, 0.15) is 12.2 Å². The van der Waals surface area contributed by atoms with Crippen molar-refractivity contribution in [3.8, 4) is 0 Å². The molecule has 0 spiro atoms. The first-order valence-corrected chi connectivity index (χ1v) is 8.74. The second-order valence-corrected chi connectivity index (χ2v) is 6.80. The molecule has 1 heterocycles. The first-order chi connectivity index (χ1) is 12.8. The van der Waals surface area contributed by atoms with Gasteiger partial charge in [0.15, 0.2) is 0 Å². The molecule has 5 nitrogen and oxygen atoms in total. The van der Waals surface area contributed by atoms with Crippen LogP contribution in [0, 0.1) is 17.0 Å². The number of benzene rings is 2. The number of nitrogens with zero attached hydrogens (tertiary/aromatic N) is 2. The van der Waals surface area contributed by atoms with E-state index in [4.69, 9.17) is 0 Å². The Balaban J connectivity index is 1.72. The zero-order valence-corrected chi connectivity index (χ0v) is 14.9. The molecule has 8 heteroatoms. The topological polar surface area (TPSA) is 50.8 Å². The van der Waals surface area contributed by atoms with Crippen LogP contribution < -0.4 is 9.80 Å². The number of piperazine rings is 1. The average Bonchev–Trinajstić information content (AvgIpc) is 2.63. The Labute approximate surface area is 155 Å². The Hall–Kier alpha value is -2.61. The fraction of sp³-hybridized carbons (Fsp3) is 0.368. The minimum absolute atomic E-state index is 0.253. The predicted molar refractivity (Wildman–Crippen MR) is 95.9 cm³/mol. The summed E-state index contributed by atoms with van der Waals surface area (Å²) in [5.41, 5.74) is 1.25. The van der Waals surface area contributed by atoms with Gasteiger partial charge in [-0.25, -0.2) is 0 Å². The molecule has 1 saturated heterocycles. The van der Waals surface area contributed by atoms with Crippen molar-refractivity contribution in [3.05, 3.63) is 69.3 Å². The smallest absolute Gasteiger partial charge is 0.355 e. The largest absolute Gasteiger partial charge is 0.416 e. The summed E-state index contributed by atoms with van der Waals surface area (Å²) in [5.74, 6) is 0. The van der Waals surface area contributed by atoms with Crippen LogP contribution in [0.4, 0.5) is 24.5 Å². The van der Waals surface area contributed by atoms with Crippen molar-refractivity contribution in [2.75, 3.05) is 31.1 Å². The number of alkyl halides is 3. The number of nitro benzene ring substituents is 1. The molecular weight excluding hydrogens is 359 g/mol. The van der Waals surface area contributed by atoms with Gasteiger partial charge in [0.25, 0.3) is 5.69 Å². The second-order valence-electron chi connectivity index (χ2n) is 6.80. The number of hydrogen-bond donors (Lipinski definition) is 1. The quantitative estimate of drug-likeness (QED) is 0.656. The highest BCUT2D eigenvalue weighted by atomic mass is 19.4. The van der Waals surface area contributed by atoms with Gasteiger partial charge >= 0.3 is 6.18 Å². The molecule has 0 atom stereocenters. The van der Waals surface area contributed by atoms with E-state index in [9.17, 15) is 23.3 Å². The minimum atomic E-state index is -4.60. The highest BCUT2D eigenvalue weighted by Crippen LogP contribution is 2.36. The first kappa shape index (κ1) is 19.2. The molecule has 27 heavy (non-hydrogen) atoms.